The highest BCUT2D eigenvalue weighted by Crippen LogP contribution is 2.27. The van der Waals surface area contributed by atoms with Crippen molar-refractivity contribution in [2.24, 2.45) is 0 Å². The number of ether oxygens (including phenoxy) is 1. The Bertz CT molecular complexity index is 1230. The van der Waals surface area contributed by atoms with Gasteiger partial charge in [-0.1, -0.05) is 61.0 Å². The van der Waals surface area contributed by atoms with Crippen LogP contribution in [0.5, 0.6) is 5.75 Å². The maximum atomic E-state index is 13.3. The molecular weight excluding hydrogens is 448 g/mol. The zero-order valence-electron chi connectivity index (χ0n) is 20.3. The highest BCUT2D eigenvalue weighted by molar-refractivity contribution is 7.92. The minimum atomic E-state index is -3.35. The monoisotopic (exact) mass is 480 g/mol. The molecule has 0 aliphatic rings. The van der Waals surface area contributed by atoms with Crippen molar-refractivity contribution in [2.75, 3.05) is 17.6 Å². The second kappa shape index (κ2) is 10.7. The van der Waals surface area contributed by atoms with Crippen LogP contribution in [0.15, 0.2) is 72.8 Å². The van der Waals surface area contributed by atoms with Crippen LogP contribution in [0.2, 0.25) is 0 Å². The number of aryl methyl sites for hydroxylation is 2. The minimum Gasteiger partial charge on any atom is -0.481 e. The topological polar surface area (TPSA) is 75.7 Å². The number of sulfonamides is 1. The first-order valence-corrected chi connectivity index (χ1v) is 13.1. The molecule has 0 heterocycles. The van der Waals surface area contributed by atoms with Crippen LogP contribution in [0, 0.1) is 13.8 Å². The lowest BCUT2D eigenvalue weighted by molar-refractivity contribution is -0.128. The maximum absolute atomic E-state index is 13.3. The molecule has 0 fully saturated rings. The van der Waals surface area contributed by atoms with Gasteiger partial charge in [0.1, 0.15) is 5.75 Å². The van der Waals surface area contributed by atoms with Gasteiger partial charge in [0.15, 0.2) is 6.10 Å². The van der Waals surface area contributed by atoms with Crippen molar-refractivity contribution in [3.63, 3.8) is 0 Å². The molecule has 0 aromatic heterocycles. The molecule has 0 saturated heterocycles. The van der Waals surface area contributed by atoms with Crippen molar-refractivity contribution in [3.05, 3.63) is 95.1 Å². The van der Waals surface area contributed by atoms with Gasteiger partial charge in [-0.15, -0.1) is 0 Å². The van der Waals surface area contributed by atoms with Crippen LogP contribution in [-0.4, -0.2) is 33.7 Å². The molecule has 34 heavy (non-hydrogen) atoms. The number of carbonyl (C=O) groups is 1. The second-order valence-corrected chi connectivity index (χ2v) is 10.5. The Morgan fingerprint density at radius 2 is 1.65 bits per heavy atom. The number of nitrogens with zero attached hydrogens (tertiary/aromatic N) is 1. The van der Waals surface area contributed by atoms with E-state index in [2.05, 4.69) is 17.4 Å². The van der Waals surface area contributed by atoms with Gasteiger partial charge in [-0.05, 0) is 61.2 Å². The number of nitrogens with one attached hydrogen (secondary N) is 1. The Hall–Kier alpha value is -3.32. The predicted molar refractivity (Wildman–Crippen MR) is 137 cm³/mol. The zero-order chi connectivity index (χ0) is 24.9. The lowest BCUT2D eigenvalue weighted by Crippen LogP contribution is -2.40. The largest absolute Gasteiger partial charge is 0.481 e. The molecule has 2 atom stereocenters. The molecule has 0 radical (unpaired) electrons. The fourth-order valence-electron chi connectivity index (χ4n) is 3.78. The van der Waals surface area contributed by atoms with Crippen LogP contribution in [0.1, 0.15) is 41.6 Å². The summed E-state index contributed by atoms with van der Waals surface area (Å²) in [4.78, 5) is 13.3. The number of rotatable bonds is 9. The molecule has 1 amide bonds. The summed E-state index contributed by atoms with van der Waals surface area (Å²) in [7, 11) is -1.86. The van der Waals surface area contributed by atoms with Crippen LogP contribution in [0.4, 0.5) is 5.69 Å². The maximum Gasteiger partial charge on any atom is 0.261 e. The van der Waals surface area contributed by atoms with E-state index in [4.69, 9.17) is 4.74 Å². The predicted octanol–water partition coefficient (Wildman–Crippen LogP) is 4.76. The summed E-state index contributed by atoms with van der Waals surface area (Å²) in [5.41, 5.74) is 4.82. The molecule has 7 heteroatoms. The number of hydrogen-bond donors (Lipinski definition) is 1. The van der Waals surface area contributed by atoms with E-state index < -0.39 is 16.1 Å². The molecule has 3 aromatic carbocycles. The fourth-order valence-corrected chi connectivity index (χ4v) is 4.29. The number of anilines is 1. The summed E-state index contributed by atoms with van der Waals surface area (Å²) < 4.78 is 30.7. The van der Waals surface area contributed by atoms with E-state index in [9.17, 15) is 13.2 Å². The molecule has 0 unspecified atom stereocenters. The molecule has 180 valence electrons. The number of benzene rings is 3. The molecule has 3 rings (SSSR count). The third-order valence-electron chi connectivity index (χ3n) is 5.80. The van der Waals surface area contributed by atoms with Gasteiger partial charge in [0.2, 0.25) is 10.0 Å². The summed E-state index contributed by atoms with van der Waals surface area (Å²) in [6, 6.07) is 22.4. The van der Waals surface area contributed by atoms with E-state index in [-0.39, 0.29) is 11.9 Å². The molecule has 0 aliphatic heterocycles. The normalized spacial score (nSPS) is 13.1. The molecule has 0 saturated carbocycles. The van der Waals surface area contributed by atoms with Crippen molar-refractivity contribution >= 4 is 21.6 Å². The summed E-state index contributed by atoms with van der Waals surface area (Å²) in [5, 5.41) is 3.18. The molecular formula is C27H32N2O4S. The van der Waals surface area contributed by atoms with Crippen molar-refractivity contribution in [2.45, 2.75) is 39.3 Å². The van der Waals surface area contributed by atoms with E-state index in [0.717, 1.165) is 22.9 Å². The van der Waals surface area contributed by atoms with Crippen LogP contribution in [0.3, 0.4) is 0 Å². The third kappa shape index (κ3) is 6.17. The first kappa shape index (κ1) is 25.3. The Morgan fingerprint density at radius 1 is 1.00 bits per heavy atom. The summed E-state index contributed by atoms with van der Waals surface area (Å²) >= 11 is 0. The average molecular weight is 481 g/mol. The summed E-state index contributed by atoms with van der Waals surface area (Å²) in [6.45, 7) is 5.99. The molecule has 0 spiro atoms. The number of amides is 1. The van der Waals surface area contributed by atoms with Crippen molar-refractivity contribution in [1.82, 2.24) is 5.32 Å². The van der Waals surface area contributed by atoms with Crippen LogP contribution in [-0.2, 0) is 14.8 Å². The van der Waals surface area contributed by atoms with Crippen molar-refractivity contribution in [3.8, 4) is 5.75 Å². The lowest BCUT2D eigenvalue weighted by atomic mass is 9.93. The highest BCUT2D eigenvalue weighted by atomic mass is 32.2. The van der Waals surface area contributed by atoms with Crippen molar-refractivity contribution < 1.29 is 17.9 Å². The third-order valence-corrected chi connectivity index (χ3v) is 7.00. The fraction of sp³-hybridized carbons (Fsp3) is 0.296. The standard InChI is InChI=1S/C27H32N2O4S/c1-6-25(33-23-15-13-22(14-16-23)29(4)34(5,31)32)27(30)28-26(21-10-8-7-9-11-21)24-17-12-19(2)18-20(24)3/h7-18,25-26H,6H2,1-5H3,(H,28,30)/t25-,26+/m1/s1. The summed E-state index contributed by atoms with van der Waals surface area (Å²) in [6.07, 6.45) is 0.925. The first-order chi connectivity index (χ1) is 16.1. The van der Waals surface area contributed by atoms with Gasteiger partial charge >= 0.3 is 0 Å². The van der Waals surface area contributed by atoms with Crippen LogP contribution >= 0.6 is 0 Å². The second-order valence-electron chi connectivity index (χ2n) is 8.45. The van der Waals surface area contributed by atoms with Crippen LogP contribution < -0.4 is 14.4 Å². The number of hydrogen-bond acceptors (Lipinski definition) is 4. The highest BCUT2D eigenvalue weighted by Gasteiger charge is 2.25. The smallest absolute Gasteiger partial charge is 0.261 e. The van der Waals surface area contributed by atoms with Crippen molar-refractivity contribution in [1.29, 1.82) is 0 Å². The van der Waals surface area contributed by atoms with Gasteiger partial charge < -0.3 is 10.1 Å². The quantitative estimate of drug-likeness (QED) is 0.479. The molecule has 0 bridgehead atoms. The van der Waals surface area contributed by atoms with Gasteiger partial charge in [-0.25, -0.2) is 8.42 Å². The van der Waals surface area contributed by atoms with E-state index in [1.54, 1.807) is 24.3 Å². The first-order valence-electron chi connectivity index (χ1n) is 11.2. The van der Waals surface area contributed by atoms with Gasteiger partial charge in [0.25, 0.3) is 5.91 Å². The van der Waals surface area contributed by atoms with Gasteiger partial charge in [0, 0.05) is 7.05 Å². The zero-order valence-corrected chi connectivity index (χ0v) is 21.1. The Morgan fingerprint density at radius 3 is 2.21 bits per heavy atom. The minimum absolute atomic E-state index is 0.214. The van der Waals surface area contributed by atoms with Crippen LogP contribution in [0.25, 0.3) is 0 Å². The Kier molecular flexibility index (Phi) is 7.99. The molecule has 3 aromatic rings. The summed E-state index contributed by atoms with van der Waals surface area (Å²) in [5.74, 6) is 0.282. The molecule has 6 nitrogen and oxygen atoms in total. The SMILES string of the molecule is CC[C@@H](Oc1ccc(N(C)S(C)(=O)=O)cc1)C(=O)N[C@@H](c1ccccc1)c1ccc(C)cc1C. The van der Waals surface area contributed by atoms with E-state index in [1.165, 1.54) is 16.9 Å². The van der Waals surface area contributed by atoms with Gasteiger partial charge in [0.05, 0.1) is 18.0 Å². The number of carbonyl (C=O) groups excluding carboxylic acids is 1. The Balaban J connectivity index is 1.81. The van der Waals surface area contributed by atoms with E-state index >= 15 is 0 Å². The van der Waals surface area contributed by atoms with E-state index in [1.807, 2.05) is 57.2 Å². The lowest BCUT2D eigenvalue weighted by Gasteiger charge is -2.25. The Labute approximate surface area is 202 Å². The van der Waals surface area contributed by atoms with E-state index in [0.29, 0.717) is 17.9 Å². The van der Waals surface area contributed by atoms with Gasteiger partial charge in [-0.2, -0.15) is 0 Å². The molecule has 1 N–H and O–H groups in total. The van der Waals surface area contributed by atoms with Gasteiger partial charge in [-0.3, -0.25) is 9.10 Å². The average Bonchev–Trinajstić information content (AvgIpc) is 2.81. The molecule has 0 aliphatic carbocycles.